The molecule has 0 aliphatic rings. The molecule has 0 aliphatic carbocycles. The van der Waals surface area contributed by atoms with E-state index in [2.05, 4.69) is 0 Å². The van der Waals surface area contributed by atoms with Crippen molar-refractivity contribution in [2.24, 2.45) is 0 Å². The van der Waals surface area contributed by atoms with E-state index in [9.17, 15) is 8.42 Å². The van der Waals surface area contributed by atoms with E-state index in [0.29, 0.717) is 5.02 Å². The molecule has 76 valence electrons. The van der Waals surface area contributed by atoms with Crippen molar-refractivity contribution in [3.8, 4) is 0 Å². The van der Waals surface area contributed by atoms with Gasteiger partial charge in [-0.1, -0.05) is 23.2 Å². The van der Waals surface area contributed by atoms with Crippen LogP contribution in [-0.2, 0) is 15.9 Å². The van der Waals surface area contributed by atoms with Gasteiger partial charge in [-0.2, -0.15) is 8.42 Å². The number of hydrogen-bond acceptors (Lipinski definition) is 2. The van der Waals surface area contributed by atoms with Gasteiger partial charge in [0, 0.05) is 10.0 Å². The highest BCUT2D eigenvalue weighted by atomic mass is 35.5. The average Bonchev–Trinajstić information content (AvgIpc) is 1.94. The molecule has 0 saturated heterocycles. The van der Waals surface area contributed by atoms with Gasteiger partial charge in [-0.05, 0) is 23.8 Å². The first-order chi connectivity index (χ1) is 5.88. The van der Waals surface area contributed by atoms with Crippen LogP contribution >= 0.6 is 23.2 Å². The molecule has 14 heavy (non-hydrogen) atoms. The molecule has 0 bridgehead atoms. The molecule has 0 aromatic heterocycles. The van der Waals surface area contributed by atoms with Crippen LogP contribution in [0.1, 0.15) is 5.56 Å². The normalized spacial score (nSPS) is 10.8. The summed E-state index contributed by atoms with van der Waals surface area (Å²) in [6.07, 6.45) is 0. The first kappa shape index (κ1) is 14.5. The van der Waals surface area contributed by atoms with E-state index in [-0.39, 0.29) is 33.6 Å². The third-order valence-corrected chi connectivity index (χ3v) is 2.63. The standard InChI is InChI=1S/C7H6Cl2O3S.Mg.2H/c8-6-1-2-7(9)5(3-6)4-13(10,11)12;;;/h1-3H,4H2,(H,10,11,12);;;. The summed E-state index contributed by atoms with van der Waals surface area (Å²) >= 11 is 11.3. The highest BCUT2D eigenvalue weighted by Gasteiger charge is 2.10. The molecule has 0 unspecified atom stereocenters. The molecular weight excluding hydrogens is 259 g/mol. The Kier molecular flexibility index (Phi) is 5.72. The van der Waals surface area contributed by atoms with E-state index in [1.165, 1.54) is 18.2 Å². The van der Waals surface area contributed by atoms with Crippen LogP contribution in [0.3, 0.4) is 0 Å². The second kappa shape index (κ2) is 5.53. The lowest BCUT2D eigenvalue weighted by molar-refractivity contribution is 0.482. The molecule has 0 atom stereocenters. The lowest BCUT2D eigenvalue weighted by Gasteiger charge is -2.01. The highest BCUT2D eigenvalue weighted by Crippen LogP contribution is 2.22. The summed E-state index contributed by atoms with van der Waals surface area (Å²) in [4.78, 5) is 0. The molecular formula is C7H8Cl2MgO3S. The van der Waals surface area contributed by atoms with Gasteiger partial charge in [-0.15, -0.1) is 0 Å². The third kappa shape index (κ3) is 4.81. The van der Waals surface area contributed by atoms with Crippen molar-refractivity contribution < 1.29 is 13.0 Å². The fourth-order valence-electron chi connectivity index (χ4n) is 0.850. The van der Waals surface area contributed by atoms with E-state index in [1.54, 1.807) is 0 Å². The third-order valence-electron chi connectivity index (χ3n) is 1.35. The van der Waals surface area contributed by atoms with Crippen molar-refractivity contribution >= 4 is 56.4 Å². The van der Waals surface area contributed by atoms with Crippen LogP contribution in [-0.4, -0.2) is 36.0 Å². The predicted octanol–water partition coefficient (Wildman–Crippen LogP) is 1.46. The predicted molar refractivity (Wildman–Crippen MR) is 60.3 cm³/mol. The monoisotopic (exact) mass is 266 g/mol. The van der Waals surface area contributed by atoms with Crippen LogP contribution in [0.15, 0.2) is 18.2 Å². The van der Waals surface area contributed by atoms with E-state index in [0.717, 1.165) is 0 Å². The van der Waals surface area contributed by atoms with Gasteiger partial charge in [-0.3, -0.25) is 4.55 Å². The Morgan fingerprint density at radius 2 is 1.86 bits per heavy atom. The average molecular weight is 267 g/mol. The fraction of sp³-hybridized carbons (Fsp3) is 0.143. The zero-order valence-electron chi connectivity index (χ0n) is 6.37. The van der Waals surface area contributed by atoms with Gasteiger partial charge < -0.3 is 0 Å². The molecule has 3 nitrogen and oxygen atoms in total. The van der Waals surface area contributed by atoms with Gasteiger partial charge in [0.2, 0.25) is 0 Å². The van der Waals surface area contributed by atoms with Gasteiger partial charge in [-0.25, -0.2) is 0 Å². The summed E-state index contributed by atoms with van der Waals surface area (Å²) in [6.45, 7) is 0. The molecule has 0 spiro atoms. The fourth-order valence-corrected chi connectivity index (χ4v) is 1.94. The minimum atomic E-state index is -4.06. The Balaban J connectivity index is 0.00000169. The van der Waals surface area contributed by atoms with Gasteiger partial charge in [0.05, 0.1) is 0 Å². The van der Waals surface area contributed by atoms with Crippen molar-refractivity contribution in [1.29, 1.82) is 0 Å². The maximum atomic E-state index is 10.5. The molecule has 1 rings (SSSR count). The van der Waals surface area contributed by atoms with Crippen LogP contribution in [0.25, 0.3) is 0 Å². The molecule has 1 aromatic rings. The zero-order valence-corrected chi connectivity index (χ0v) is 8.70. The summed E-state index contributed by atoms with van der Waals surface area (Å²) < 4.78 is 29.6. The molecule has 7 heteroatoms. The van der Waals surface area contributed by atoms with Crippen molar-refractivity contribution in [1.82, 2.24) is 0 Å². The highest BCUT2D eigenvalue weighted by molar-refractivity contribution is 7.85. The molecule has 0 amide bonds. The van der Waals surface area contributed by atoms with Crippen LogP contribution in [0.5, 0.6) is 0 Å². The van der Waals surface area contributed by atoms with Crippen LogP contribution in [0.4, 0.5) is 0 Å². The summed E-state index contributed by atoms with van der Waals surface area (Å²) in [6, 6.07) is 4.42. The van der Waals surface area contributed by atoms with Crippen LogP contribution in [0.2, 0.25) is 10.0 Å². The largest absolute Gasteiger partial charge is 0.316 e. The number of benzene rings is 1. The second-order valence-electron chi connectivity index (χ2n) is 2.46. The molecule has 0 aliphatic heterocycles. The quantitative estimate of drug-likeness (QED) is 0.652. The van der Waals surface area contributed by atoms with Crippen LogP contribution < -0.4 is 0 Å². The first-order valence-electron chi connectivity index (χ1n) is 3.27. The Morgan fingerprint density at radius 3 is 2.36 bits per heavy atom. The minimum absolute atomic E-state index is 0. The van der Waals surface area contributed by atoms with Crippen molar-refractivity contribution in [2.75, 3.05) is 0 Å². The maximum absolute atomic E-state index is 10.5. The van der Waals surface area contributed by atoms with Crippen molar-refractivity contribution in [2.45, 2.75) is 5.75 Å². The van der Waals surface area contributed by atoms with Gasteiger partial charge in [0.25, 0.3) is 10.1 Å². The van der Waals surface area contributed by atoms with Crippen molar-refractivity contribution in [3.05, 3.63) is 33.8 Å². The van der Waals surface area contributed by atoms with E-state index >= 15 is 0 Å². The zero-order chi connectivity index (χ0) is 10.1. The van der Waals surface area contributed by atoms with Gasteiger partial charge in [0.1, 0.15) is 5.75 Å². The topological polar surface area (TPSA) is 54.4 Å². The van der Waals surface area contributed by atoms with Gasteiger partial charge >= 0.3 is 23.1 Å². The summed E-state index contributed by atoms with van der Waals surface area (Å²) in [7, 11) is -4.06. The molecule has 0 radical (unpaired) electrons. The Labute approximate surface area is 108 Å². The van der Waals surface area contributed by atoms with Crippen LogP contribution in [0, 0.1) is 0 Å². The summed E-state index contributed by atoms with van der Waals surface area (Å²) in [5.41, 5.74) is 0.289. The molecule has 0 heterocycles. The Morgan fingerprint density at radius 1 is 1.29 bits per heavy atom. The molecule has 1 aromatic carbocycles. The van der Waals surface area contributed by atoms with E-state index < -0.39 is 15.9 Å². The van der Waals surface area contributed by atoms with Crippen molar-refractivity contribution in [3.63, 3.8) is 0 Å². The summed E-state index contributed by atoms with van der Waals surface area (Å²) in [5.74, 6) is -0.521. The number of rotatable bonds is 2. The smallest absolute Gasteiger partial charge is 0.285 e. The van der Waals surface area contributed by atoms with Gasteiger partial charge in [0.15, 0.2) is 0 Å². The molecule has 1 N–H and O–H groups in total. The maximum Gasteiger partial charge on any atom is 0.316 e. The Bertz CT molecular complexity index is 419. The molecule has 0 fully saturated rings. The SMILES string of the molecule is O=S(=O)(O)Cc1cc(Cl)ccc1Cl.[MgH2]. The van der Waals surface area contributed by atoms with E-state index in [4.69, 9.17) is 27.8 Å². The molecule has 0 saturated carbocycles. The summed E-state index contributed by atoms with van der Waals surface area (Å²) in [5, 5.41) is 0.644. The second-order valence-corrected chi connectivity index (χ2v) is 4.76. The number of halogens is 2. The number of hydrogen-bond donors (Lipinski definition) is 1. The first-order valence-corrected chi connectivity index (χ1v) is 5.64. The van der Waals surface area contributed by atoms with E-state index in [1.807, 2.05) is 0 Å². The Hall–Kier alpha value is 0.476. The lowest BCUT2D eigenvalue weighted by Crippen LogP contribution is -2.01. The lowest BCUT2D eigenvalue weighted by atomic mass is 10.2. The minimum Gasteiger partial charge on any atom is -0.285 e.